The van der Waals surface area contributed by atoms with Crippen LogP contribution in [0.1, 0.15) is 21.0 Å². The molecule has 0 aromatic carbocycles. The number of hydrogen-bond donors (Lipinski definition) is 1. The molecule has 7 heteroatoms. The summed E-state index contributed by atoms with van der Waals surface area (Å²) >= 11 is 0. The number of hydrogen-bond acceptors (Lipinski definition) is 5. The van der Waals surface area contributed by atoms with E-state index in [-0.39, 0.29) is 23.4 Å². The number of methoxy groups -OCH3 is 1. The van der Waals surface area contributed by atoms with Crippen molar-refractivity contribution in [3.05, 3.63) is 29.6 Å². The highest BCUT2D eigenvalue weighted by Gasteiger charge is 2.32. The fourth-order valence-electron chi connectivity index (χ4n) is 1.84. The van der Waals surface area contributed by atoms with Crippen LogP contribution in [0.5, 0.6) is 0 Å². The van der Waals surface area contributed by atoms with E-state index >= 15 is 0 Å². The minimum atomic E-state index is -1.15. The fourth-order valence-corrected chi connectivity index (χ4v) is 1.84. The summed E-state index contributed by atoms with van der Waals surface area (Å²) in [5.41, 5.74) is 0.00418. The Morgan fingerprint density at radius 1 is 1.35 bits per heavy atom. The second-order valence-corrected chi connectivity index (χ2v) is 4.41. The monoisotopic (exact) mass is 280 g/mol. The smallest absolute Gasteiger partial charge is 0.354 e. The van der Waals surface area contributed by atoms with Crippen molar-refractivity contribution >= 4 is 11.9 Å². The minimum absolute atomic E-state index is 0.0109. The summed E-state index contributed by atoms with van der Waals surface area (Å²) in [6.07, 6.45) is 0.0109. The van der Waals surface area contributed by atoms with Crippen LogP contribution in [-0.2, 0) is 9.47 Å². The third-order valence-electron chi connectivity index (χ3n) is 2.96. The van der Waals surface area contributed by atoms with Crippen LogP contribution in [-0.4, -0.2) is 66.4 Å². The normalized spacial score (nSPS) is 14.9. The van der Waals surface area contributed by atoms with Gasteiger partial charge < -0.3 is 19.5 Å². The minimum Gasteiger partial charge on any atom is -0.477 e. The van der Waals surface area contributed by atoms with Crippen LogP contribution in [0.25, 0.3) is 0 Å². The summed E-state index contributed by atoms with van der Waals surface area (Å²) in [6, 6.07) is 4.37. The molecular weight excluding hydrogens is 264 g/mol. The highest BCUT2D eigenvalue weighted by molar-refractivity contribution is 5.94. The van der Waals surface area contributed by atoms with E-state index in [1.165, 1.54) is 18.2 Å². The van der Waals surface area contributed by atoms with E-state index in [1.807, 2.05) is 0 Å². The number of carboxylic acid groups (broad SMARTS) is 1. The van der Waals surface area contributed by atoms with Gasteiger partial charge in [0.1, 0.15) is 11.4 Å². The van der Waals surface area contributed by atoms with Crippen molar-refractivity contribution < 1.29 is 24.2 Å². The third kappa shape index (κ3) is 3.31. The number of aromatic nitrogens is 1. The molecule has 0 bridgehead atoms. The van der Waals surface area contributed by atoms with E-state index in [0.29, 0.717) is 26.3 Å². The van der Waals surface area contributed by atoms with Crippen molar-refractivity contribution in [1.29, 1.82) is 0 Å². The molecule has 1 aliphatic rings. The second-order valence-electron chi connectivity index (χ2n) is 4.41. The van der Waals surface area contributed by atoms with E-state index < -0.39 is 5.97 Å². The van der Waals surface area contributed by atoms with Gasteiger partial charge in [0.25, 0.3) is 5.91 Å². The van der Waals surface area contributed by atoms with Gasteiger partial charge in [-0.3, -0.25) is 4.79 Å². The average molecular weight is 280 g/mol. The van der Waals surface area contributed by atoms with Gasteiger partial charge in [-0.1, -0.05) is 6.07 Å². The zero-order valence-electron chi connectivity index (χ0n) is 11.1. The molecule has 1 aromatic heterocycles. The highest BCUT2D eigenvalue weighted by Crippen LogP contribution is 2.15. The Hall–Kier alpha value is -1.99. The SMILES string of the molecule is COCCOC1CN(C(=O)c2cccc(C(=O)O)n2)C1. The molecule has 0 aliphatic carbocycles. The second kappa shape index (κ2) is 6.44. The first-order valence-electron chi connectivity index (χ1n) is 6.22. The Morgan fingerprint density at radius 3 is 2.70 bits per heavy atom. The summed E-state index contributed by atoms with van der Waals surface area (Å²) in [6.45, 7) is 1.99. The first kappa shape index (κ1) is 14.4. The van der Waals surface area contributed by atoms with Gasteiger partial charge in [0.2, 0.25) is 0 Å². The summed E-state index contributed by atoms with van der Waals surface area (Å²) in [5, 5.41) is 8.84. The maximum absolute atomic E-state index is 12.1. The summed E-state index contributed by atoms with van der Waals surface area (Å²) in [7, 11) is 1.60. The lowest BCUT2D eigenvalue weighted by atomic mass is 10.1. The van der Waals surface area contributed by atoms with Crippen LogP contribution in [0.3, 0.4) is 0 Å². The Labute approximate surface area is 116 Å². The molecule has 1 N–H and O–H groups in total. The zero-order valence-corrected chi connectivity index (χ0v) is 11.1. The van der Waals surface area contributed by atoms with Crippen LogP contribution >= 0.6 is 0 Å². The van der Waals surface area contributed by atoms with Crippen molar-refractivity contribution in [2.75, 3.05) is 33.4 Å². The number of likely N-dealkylation sites (tertiary alicyclic amines) is 1. The van der Waals surface area contributed by atoms with Crippen molar-refractivity contribution in [2.24, 2.45) is 0 Å². The van der Waals surface area contributed by atoms with E-state index in [9.17, 15) is 9.59 Å². The Bertz CT molecular complexity index is 499. The van der Waals surface area contributed by atoms with Gasteiger partial charge >= 0.3 is 5.97 Å². The van der Waals surface area contributed by atoms with Crippen molar-refractivity contribution in [2.45, 2.75) is 6.10 Å². The van der Waals surface area contributed by atoms with E-state index in [0.717, 1.165) is 0 Å². The molecule has 0 saturated carbocycles. The predicted octanol–water partition coefficient (Wildman–Crippen LogP) is 0.267. The van der Waals surface area contributed by atoms with E-state index in [4.69, 9.17) is 14.6 Å². The van der Waals surface area contributed by atoms with Crippen LogP contribution in [0.2, 0.25) is 0 Å². The third-order valence-corrected chi connectivity index (χ3v) is 2.96. The molecule has 1 amide bonds. The first-order valence-corrected chi connectivity index (χ1v) is 6.22. The molecule has 20 heavy (non-hydrogen) atoms. The van der Waals surface area contributed by atoms with Crippen molar-refractivity contribution in [1.82, 2.24) is 9.88 Å². The molecule has 2 rings (SSSR count). The number of rotatable bonds is 6. The molecular formula is C13H16N2O5. The molecule has 0 spiro atoms. The summed E-state index contributed by atoms with van der Waals surface area (Å²) in [5.74, 6) is -1.43. The van der Waals surface area contributed by atoms with E-state index in [2.05, 4.69) is 4.98 Å². The quantitative estimate of drug-likeness (QED) is 0.752. The molecule has 1 fully saturated rings. The molecule has 0 atom stereocenters. The fraction of sp³-hybridized carbons (Fsp3) is 0.462. The van der Waals surface area contributed by atoms with Crippen molar-refractivity contribution in [3.8, 4) is 0 Å². The van der Waals surface area contributed by atoms with Gasteiger partial charge in [-0.15, -0.1) is 0 Å². The molecule has 7 nitrogen and oxygen atoms in total. The molecule has 1 saturated heterocycles. The molecule has 0 unspecified atom stereocenters. The summed E-state index contributed by atoms with van der Waals surface area (Å²) < 4.78 is 10.3. The van der Waals surface area contributed by atoms with Gasteiger partial charge in [-0.25, -0.2) is 9.78 Å². The Kier molecular flexibility index (Phi) is 4.65. The Morgan fingerprint density at radius 2 is 2.05 bits per heavy atom. The number of aromatic carboxylic acids is 1. The maximum atomic E-state index is 12.1. The van der Waals surface area contributed by atoms with E-state index in [1.54, 1.807) is 12.0 Å². The van der Waals surface area contributed by atoms with Crippen LogP contribution in [0.4, 0.5) is 0 Å². The number of carboxylic acids is 1. The van der Waals surface area contributed by atoms with Crippen LogP contribution in [0, 0.1) is 0 Å². The van der Waals surface area contributed by atoms with Gasteiger partial charge in [0, 0.05) is 20.2 Å². The number of nitrogens with zero attached hydrogens (tertiary/aromatic N) is 2. The molecule has 1 aromatic rings. The number of amides is 1. The average Bonchev–Trinajstić information content (AvgIpc) is 2.41. The molecule has 1 aliphatic heterocycles. The van der Waals surface area contributed by atoms with Gasteiger partial charge in [0.15, 0.2) is 0 Å². The molecule has 2 heterocycles. The van der Waals surface area contributed by atoms with Crippen molar-refractivity contribution in [3.63, 3.8) is 0 Å². The van der Waals surface area contributed by atoms with Gasteiger partial charge in [0.05, 0.1) is 19.3 Å². The lowest BCUT2D eigenvalue weighted by Gasteiger charge is -2.38. The van der Waals surface area contributed by atoms with Gasteiger partial charge in [-0.2, -0.15) is 0 Å². The standard InChI is InChI=1S/C13H16N2O5/c1-19-5-6-20-9-7-15(8-9)12(16)10-3-2-4-11(14-10)13(17)18/h2-4,9H,5-8H2,1H3,(H,17,18). The first-order chi connectivity index (χ1) is 9.61. The molecule has 108 valence electrons. The largest absolute Gasteiger partial charge is 0.477 e. The molecule has 0 radical (unpaired) electrons. The van der Waals surface area contributed by atoms with Crippen LogP contribution in [0.15, 0.2) is 18.2 Å². The Balaban J connectivity index is 1.87. The number of carbonyl (C=O) groups is 2. The number of pyridine rings is 1. The highest BCUT2D eigenvalue weighted by atomic mass is 16.5. The number of carbonyl (C=O) groups excluding carboxylic acids is 1. The zero-order chi connectivity index (χ0) is 14.5. The van der Waals surface area contributed by atoms with Crippen LogP contribution < -0.4 is 0 Å². The number of ether oxygens (including phenoxy) is 2. The lowest BCUT2D eigenvalue weighted by molar-refractivity contribution is -0.0556. The van der Waals surface area contributed by atoms with Gasteiger partial charge in [-0.05, 0) is 12.1 Å². The topological polar surface area (TPSA) is 89.0 Å². The predicted molar refractivity (Wildman–Crippen MR) is 68.7 cm³/mol. The lowest BCUT2D eigenvalue weighted by Crippen LogP contribution is -2.55. The maximum Gasteiger partial charge on any atom is 0.354 e. The summed E-state index contributed by atoms with van der Waals surface area (Å²) in [4.78, 5) is 28.3.